The fourth-order valence-corrected chi connectivity index (χ4v) is 1.47. The smallest absolute Gasteiger partial charge is 0.326 e. The number of nitrogens with one attached hydrogen (secondary N) is 1. The molecule has 2 atom stereocenters. The highest BCUT2D eigenvalue weighted by Crippen LogP contribution is 2.04. The molecule has 0 aromatic carbocycles. The molecular formula is C11H23N3O3. The third-order valence-corrected chi connectivity index (χ3v) is 2.37. The van der Waals surface area contributed by atoms with Gasteiger partial charge in [0.1, 0.15) is 6.04 Å². The molecule has 100 valence electrons. The maximum atomic E-state index is 11.6. The van der Waals surface area contributed by atoms with Gasteiger partial charge < -0.3 is 21.9 Å². The van der Waals surface area contributed by atoms with Crippen LogP contribution in [-0.4, -0.2) is 35.6 Å². The predicted octanol–water partition coefficient (Wildman–Crippen LogP) is -0.332. The van der Waals surface area contributed by atoms with Crippen LogP contribution in [0.15, 0.2) is 0 Å². The summed E-state index contributed by atoms with van der Waals surface area (Å²) >= 11 is 0. The molecule has 6 heteroatoms. The lowest BCUT2D eigenvalue weighted by molar-refractivity contribution is -0.142. The maximum Gasteiger partial charge on any atom is 0.326 e. The molecule has 0 bridgehead atoms. The second kappa shape index (κ2) is 8.03. The Bertz CT molecular complexity index is 256. The lowest BCUT2D eigenvalue weighted by Gasteiger charge is -2.18. The molecule has 0 saturated heterocycles. The van der Waals surface area contributed by atoms with Gasteiger partial charge in [-0.25, -0.2) is 4.79 Å². The molecule has 0 radical (unpaired) electrons. The standard InChI is InChI=1S/C11H23N3O3/c1-7(2)6-8(13)10(15)14-9(11(16)17)4-3-5-12/h7-9H,3-6,12-13H2,1-2H3,(H,14,15)(H,16,17)/t8-,9-/m0/s1. The number of carboxylic acids is 1. The monoisotopic (exact) mass is 245 g/mol. The summed E-state index contributed by atoms with van der Waals surface area (Å²) in [5, 5.41) is 11.4. The molecule has 0 unspecified atom stereocenters. The van der Waals surface area contributed by atoms with Crippen molar-refractivity contribution in [1.29, 1.82) is 0 Å². The van der Waals surface area contributed by atoms with Gasteiger partial charge in [-0.2, -0.15) is 0 Å². The summed E-state index contributed by atoms with van der Waals surface area (Å²) in [5.41, 5.74) is 11.0. The van der Waals surface area contributed by atoms with E-state index in [1.165, 1.54) is 0 Å². The van der Waals surface area contributed by atoms with Crippen molar-refractivity contribution in [2.45, 2.75) is 45.2 Å². The van der Waals surface area contributed by atoms with Gasteiger partial charge in [0.25, 0.3) is 0 Å². The number of aliphatic carboxylic acids is 1. The second-order valence-electron chi connectivity index (χ2n) is 4.57. The Hall–Kier alpha value is -1.14. The van der Waals surface area contributed by atoms with E-state index in [1.807, 2.05) is 13.8 Å². The van der Waals surface area contributed by atoms with Crippen molar-refractivity contribution in [3.8, 4) is 0 Å². The van der Waals surface area contributed by atoms with E-state index in [2.05, 4.69) is 5.32 Å². The van der Waals surface area contributed by atoms with Gasteiger partial charge in [-0.3, -0.25) is 4.79 Å². The van der Waals surface area contributed by atoms with E-state index in [0.717, 1.165) is 0 Å². The molecule has 0 aliphatic heterocycles. The van der Waals surface area contributed by atoms with Crippen LogP contribution in [0.4, 0.5) is 0 Å². The first kappa shape index (κ1) is 15.9. The Morgan fingerprint density at radius 3 is 2.35 bits per heavy atom. The Morgan fingerprint density at radius 2 is 1.94 bits per heavy atom. The molecule has 0 aromatic heterocycles. The minimum absolute atomic E-state index is 0.295. The minimum atomic E-state index is -1.05. The molecule has 0 heterocycles. The lowest BCUT2D eigenvalue weighted by Crippen LogP contribution is -2.48. The molecule has 6 N–H and O–H groups in total. The van der Waals surface area contributed by atoms with Crippen LogP contribution in [0.3, 0.4) is 0 Å². The van der Waals surface area contributed by atoms with E-state index in [1.54, 1.807) is 0 Å². The van der Waals surface area contributed by atoms with Gasteiger partial charge in [0, 0.05) is 0 Å². The van der Waals surface area contributed by atoms with Crippen molar-refractivity contribution in [1.82, 2.24) is 5.32 Å². The van der Waals surface area contributed by atoms with Gasteiger partial charge >= 0.3 is 5.97 Å². The first-order valence-corrected chi connectivity index (χ1v) is 5.87. The molecule has 1 amide bonds. The van der Waals surface area contributed by atoms with Gasteiger partial charge in [-0.05, 0) is 31.7 Å². The number of hydrogen-bond donors (Lipinski definition) is 4. The third kappa shape index (κ3) is 6.91. The number of carbonyl (C=O) groups is 2. The predicted molar refractivity (Wildman–Crippen MR) is 65.3 cm³/mol. The van der Waals surface area contributed by atoms with Gasteiger partial charge in [-0.1, -0.05) is 13.8 Å². The summed E-state index contributed by atoms with van der Waals surface area (Å²) in [6.45, 7) is 4.31. The van der Waals surface area contributed by atoms with Crippen molar-refractivity contribution in [3.05, 3.63) is 0 Å². The second-order valence-corrected chi connectivity index (χ2v) is 4.57. The minimum Gasteiger partial charge on any atom is -0.480 e. The summed E-state index contributed by atoms with van der Waals surface area (Å²) < 4.78 is 0. The van der Waals surface area contributed by atoms with Crippen LogP contribution in [0.5, 0.6) is 0 Å². The van der Waals surface area contributed by atoms with Crippen LogP contribution in [0.2, 0.25) is 0 Å². The highest BCUT2D eigenvalue weighted by molar-refractivity contribution is 5.86. The summed E-state index contributed by atoms with van der Waals surface area (Å²) in [7, 11) is 0. The molecule has 0 aromatic rings. The van der Waals surface area contributed by atoms with Crippen molar-refractivity contribution in [3.63, 3.8) is 0 Å². The van der Waals surface area contributed by atoms with Crippen LogP contribution in [0, 0.1) is 5.92 Å². The zero-order valence-corrected chi connectivity index (χ0v) is 10.5. The number of carboxylic acid groups (broad SMARTS) is 1. The molecule has 0 saturated carbocycles. The molecule has 17 heavy (non-hydrogen) atoms. The molecule has 0 fully saturated rings. The van der Waals surface area contributed by atoms with Gasteiger partial charge in [0.15, 0.2) is 0 Å². The number of hydrogen-bond acceptors (Lipinski definition) is 4. The fraction of sp³-hybridized carbons (Fsp3) is 0.818. The van der Waals surface area contributed by atoms with E-state index in [0.29, 0.717) is 31.7 Å². The highest BCUT2D eigenvalue weighted by Gasteiger charge is 2.22. The molecule has 0 aliphatic carbocycles. The SMILES string of the molecule is CC(C)C[C@H](N)C(=O)N[C@@H](CCCN)C(=O)O. The average molecular weight is 245 g/mol. The van der Waals surface area contributed by atoms with Crippen LogP contribution in [0.1, 0.15) is 33.1 Å². The molecule has 6 nitrogen and oxygen atoms in total. The van der Waals surface area contributed by atoms with Crippen LogP contribution >= 0.6 is 0 Å². The quantitative estimate of drug-likeness (QED) is 0.467. The normalized spacial score (nSPS) is 14.4. The first-order valence-electron chi connectivity index (χ1n) is 5.87. The Balaban J connectivity index is 4.24. The van der Waals surface area contributed by atoms with Gasteiger partial charge in [0.05, 0.1) is 6.04 Å². The number of nitrogens with two attached hydrogens (primary N) is 2. The fourth-order valence-electron chi connectivity index (χ4n) is 1.47. The first-order chi connectivity index (χ1) is 7.88. The average Bonchev–Trinajstić information content (AvgIpc) is 2.22. The molecule has 0 spiro atoms. The summed E-state index contributed by atoms with van der Waals surface area (Å²) in [5.74, 6) is -1.17. The van der Waals surface area contributed by atoms with Crippen molar-refractivity contribution >= 4 is 11.9 Å². The summed E-state index contributed by atoms with van der Waals surface area (Å²) in [6.07, 6.45) is 1.41. The van der Waals surface area contributed by atoms with Crippen molar-refractivity contribution in [2.75, 3.05) is 6.54 Å². The zero-order valence-electron chi connectivity index (χ0n) is 10.5. The van der Waals surface area contributed by atoms with Crippen LogP contribution < -0.4 is 16.8 Å². The number of amides is 1. The summed E-state index contributed by atoms with van der Waals surface area (Å²) in [4.78, 5) is 22.5. The van der Waals surface area contributed by atoms with E-state index in [-0.39, 0.29) is 0 Å². The Labute approximate surface area is 102 Å². The largest absolute Gasteiger partial charge is 0.480 e. The van der Waals surface area contributed by atoms with Gasteiger partial charge in [-0.15, -0.1) is 0 Å². The van der Waals surface area contributed by atoms with Crippen molar-refractivity contribution in [2.24, 2.45) is 17.4 Å². The Kier molecular flexibility index (Phi) is 7.49. The van der Waals surface area contributed by atoms with E-state index >= 15 is 0 Å². The maximum absolute atomic E-state index is 11.6. The van der Waals surface area contributed by atoms with Crippen molar-refractivity contribution < 1.29 is 14.7 Å². The van der Waals surface area contributed by atoms with Gasteiger partial charge in [0.2, 0.25) is 5.91 Å². The Morgan fingerprint density at radius 1 is 1.35 bits per heavy atom. The lowest BCUT2D eigenvalue weighted by atomic mass is 10.0. The van der Waals surface area contributed by atoms with E-state index in [4.69, 9.17) is 16.6 Å². The van der Waals surface area contributed by atoms with E-state index in [9.17, 15) is 9.59 Å². The van der Waals surface area contributed by atoms with Crippen LogP contribution in [-0.2, 0) is 9.59 Å². The number of carbonyl (C=O) groups excluding carboxylic acids is 1. The summed E-state index contributed by atoms with van der Waals surface area (Å²) in [6, 6.07) is -1.56. The number of rotatable bonds is 8. The molecular weight excluding hydrogens is 222 g/mol. The zero-order chi connectivity index (χ0) is 13.4. The molecule has 0 rings (SSSR count). The van der Waals surface area contributed by atoms with Crippen LogP contribution in [0.25, 0.3) is 0 Å². The third-order valence-electron chi connectivity index (χ3n) is 2.37. The van der Waals surface area contributed by atoms with E-state index < -0.39 is 24.0 Å². The topological polar surface area (TPSA) is 118 Å². The highest BCUT2D eigenvalue weighted by atomic mass is 16.4. The molecule has 0 aliphatic rings.